The van der Waals surface area contributed by atoms with Gasteiger partial charge in [0, 0.05) is 12.1 Å². The molecule has 0 aliphatic carbocycles. The van der Waals surface area contributed by atoms with Gasteiger partial charge in [0.2, 0.25) is 0 Å². The standard InChI is InChI=1S/C9H18N2O2/c1-11-5-3-2-4-8(11)7(10)6-9(12)13/h7-8H,2-6,10H2,1H3,(H,12,13). The smallest absolute Gasteiger partial charge is 0.304 e. The Labute approximate surface area is 78.7 Å². The van der Waals surface area contributed by atoms with Gasteiger partial charge in [0.25, 0.3) is 0 Å². The highest BCUT2D eigenvalue weighted by molar-refractivity contribution is 5.67. The molecule has 0 aromatic heterocycles. The first-order valence-electron chi connectivity index (χ1n) is 4.79. The summed E-state index contributed by atoms with van der Waals surface area (Å²) in [5.41, 5.74) is 5.82. The van der Waals surface area contributed by atoms with Crippen LogP contribution in [0, 0.1) is 0 Å². The monoisotopic (exact) mass is 186 g/mol. The fourth-order valence-electron chi connectivity index (χ4n) is 1.98. The number of hydrogen-bond donors (Lipinski definition) is 2. The lowest BCUT2D eigenvalue weighted by Crippen LogP contribution is -2.49. The van der Waals surface area contributed by atoms with Crippen LogP contribution >= 0.6 is 0 Å². The van der Waals surface area contributed by atoms with E-state index in [1.165, 1.54) is 12.8 Å². The number of aliphatic carboxylic acids is 1. The normalized spacial score (nSPS) is 27.1. The molecule has 0 radical (unpaired) electrons. The number of nitrogens with zero attached hydrogens (tertiary/aromatic N) is 1. The largest absolute Gasteiger partial charge is 0.481 e. The van der Waals surface area contributed by atoms with Gasteiger partial charge in [0.15, 0.2) is 0 Å². The molecule has 0 aromatic carbocycles. The van der Waals surface area contributed by atoms with Crippen LogP contribution in [0.25, 0.3) is 0 Å². The summed E-state index contributed by atoms with van der Waals surface area (Å²) in [7, 11) is 2.02. The first-order valence-corrected chi connectivity index (χ1v) is 4.79. The lowest BCUT2D eigenvalue weighted by Gasteiger charge is -2.35. The third-order valence-electron chi connectivity index (χ3n) is 2.73. The van der Waals surface area contributed by atoms with E-state index in [1.807, 2.05) is 7.05 Å². The summed E-state index contributed by atoms with van der Waals surface area (Å²) in [5, 5.41) is 8.60. The van der Waals surface area contributed by atoms with E-state index in [1.54, 1.807) is 0 Å². The fourth-order valence-corrected chi connectivity index (χ4v) is 1.98. The van der Waals surface area contributed by atoms with Crippen LogP contribution in [-0.4, -0.2) is 41.7 Å². The van der Waals surface area contributed by atoms with Crippen molar-refractivity contribution < 1.29 is 9.90 Å². The molecule has 76 valence electrons. The predicted molar refractivity (Wildman–Crippen MR) is 50.5 cm³/mol. The van der Waals surface area contributed by atoms with Gasteiger partial charge in [-0.25, -0.2) is 0 Å². The van der Waals surface area contributed by atoms with Crippen molar-refractivity contribution >= 4 is 5.97 Å². The minimum absolute atomic E-state index is 0.0784. The minimum Gasteiger partial charge on any atom is -0.481 e. The summed E-state index contributed by atoms with van der Waals surface area (Å²) in [6.07, 6.45) is 3.48. The highest BCUT2D eigenvalue weighted by Gasteiger charge is 2.26. The summed E-state index contributed by atoms with van der Waals surface area (Å²) in [6.45, 7) is 1.04. The van der Waals surface area contributed by atoms with Crippen LogP contribution in [-0.2, 0) is 4.79 Å². The zero-order valence-corrected chi connectivity index (χ0v) is 8.07. The van der Waals surface area contributed by atoms with Crippen molar-refractivity contribution in [2.75, 3.05) is 13.6 Å². The van der Waals surface area contributed by atoms with E-state index < -0.39 is 5.97 Å². The fraction of sp³-hybridized carbons (Fsp3) is 0.889. The zero-order chi connectivity index (χ0) is 9.84. The molecular weight excluding hydrogens is 168 g/mol. The molecule has 1 rings (SSSR count). The van der Waals surface area contributed by atoms with Gasteiger partial charge >= 0.3 is 5.97 Å². The summed E-state index contributed by atoms with van der Waals surface area (Å²) < 4.78 is 0. The molecule has 0 spiro atoms. The van der Waals surface area contributed by atoms with Crippen molar-refractivity contribution in [3.8, 4) is 0 Å². The maximum Gasteiger partial charge on any atom is 0.304 e. The van der Waals surface area contributed by atoms with E-state index in [0.29, 0.717) is 0 Å². The van der Waals surface area contributed by atoms with Crippen LogP contribution in [0.5, 0.6) is 0 Å². The molecule has 2 atom stereocenters. The molecule has 3 N–H and O–H groups in total. The number of rotatable bonds is 3. The molecule has 0 aromatic rings. The predicted octanol–water partition coefficient (Wildman–Crippen LogP) is 0.273. The molecule has 13 heavy (non-hydrogen) atoms. The van der Waals surface area contributed by atoms with Crippen LogP contribution in [0.4, 0.5) is 0 Å². The highest BCUT2D eigenvalue weighted by Crippen LogP contribution is 2.18. The average Bonchev–Trinajstić information content (AvgIpc) is 2.03. The van der Waals surface area contributed by atoms with E-state index in [0.717, 1.165) is 13.0 Å². The molecule has 4 heteroatoms. The molecule has 0 bridgehead atoms. The molecular formula is C9H18N2O2. The SMILES string of the molecule is CN1CCCCC1C(N)CC(=O)O. The van der Waals surface area contributed by atoms with Crippen LogP contribution in [0.3, 0.4) is 0 Å². The third kappa shape index (κ3) is 2.97. The molecule has 1 fully saturated rings. The van der Waals surface area contributed by atoms with Gasteiger partial charge in [-0.1, -0.05) is 6.42 Å². The van der Waals surface area contributed by atoms with E-state index in [9.17, 15) is 4.79 Å². The van der Waals surface area contributed by atoms with Crippen molar-refractivity contribution in [2.24, 2.45) is 5.73 Å². The molecule has 1 aliphatic heterocycles. The van der Waals surface area contributed by atoms with Crippen molar-refractivity contribution in [1.82, 2.24) is 4.90 Å². The average molecular weight is 186 g/mol. The quantitative estimate of drug-likeness (QED) is 0.664. The lowest BCUT2D eigenvalue weighted by molar-refractivity contribution is -0.137. The van der Waals surface area contributed by atoms with E-state index in [4.69, 9.17) is 10.8 Å². The summed E-state index contributed by atoms with van der Waals surface area (Å²) >= 11 is 0. The molecule has 0 amide bonds. The van der Waals surface area contributed by atoms with Gasteiger partial charge in [-0.15, -0.1) is 0 Å². The maximum absolute atomic E-state index is 10.5. The van der Waals surface area contributed by atoms with Gasteiger partial charge in [-0.2, -0.15) is 0 Å². The van der Waals surface area contributed by atoms with Crippen LogP contribution < -0.4 is 5.73 Å². The number of carboxylic acids is 1. The Morgan fingerprint density at radius 1 is 1.69 bits per heavy atom. The molecule has 1 saturated heterocycles. The van der Waals surface area contributed by atoms with Crippen molar-refractivity contribution in [3.05, 3.63) is 0 Å². The number of likely N-dealkylation sites (N-methyl/N-ethyl adjacent to an activating group) is 1. The molecule has 0 saturated carbocycles. The summed E-state index contributed by atoms with van der Waals surface area (Å²) in [4.78, 5) is 12.6. The number of nitrogens with two attached hydrogens (primary N) is 1. The Hall–Kier alpha value is -0.610. The van der Waals surface area contributed by atoms with Crippen LogP contribution in [0.2, 0.25) is 0 Å². The van der Waals surface area contributed by atoms with Gasteiger partial charge in [-0.05, 0) is 26.4 Å². The number of carboxylic acid groups (broad SMARTS) is 1. The van der Waals surface area contributed by atoms with Crippen molar-refractivity contribution in [1.29, 1.82) is 0 Å². The second-order valence-corrected chi connectivity index (χ2v) is 3.81. The Morgan fingerprint density at radius 2 is 2.38 bits per heavy atom. The Kier molecular flexibility index (Phi) is 3.69. The van der Waals surface area contributed by atoms with E-state index in [-0.39, 0.29) is 18.5 Å². The Bertz CT molecular complexity index is 184. The van der Waals surface area contributed by atoms with E-state index >= 15 is 0 Å². The number of carbonyl (C=O) groups is 1. The van der Waals surface area contributed by atoms with Crippen molar-refractivity contribution in [2.45, 2.75) is 37.8 Å². The van der Waals surface area contributed by atoms with Gasteiger partial charge < -0.3 is 15.7 Å². The second kappa shape index (κ2) is 4.58. The third-order valence-corrected chi connectivity index (χ3v) is 2.73. The first kappa shape index (κ1) is 10.5. The highest BCUT2D eigenvalue weighted by atomic mass is 16.4. The number of likely N-dealkylation sites (tertiary alicyclic amines) is 1. The summed E-state index contributed by atoms with van der Waals surface area (Å²) in [5.74, 6) is -0.800. The summed E-state index contributed by atoms with van der Waals surface area (Å²) in [6, 6.07) is 0.0349. The molecule has 1 aliphatic rings. The van der Waals surface area contributed by atoms with Gasteiger partial charge in [0.05, 0.1) is 6.42 Å². The Morgan fingerprint density at radius 3 is 2.92 bits per heavy atom. The Balaban J connectivity index is 2.43. The molecule has 1 heterocycles. The topological polar surface area (TPSA) is 66.6 Å². The first-order chi connectivity index (χ1) is 6.11. The lowest BCUT2D eigenvalue weighted by atomic mass is 9.95. The molecule has 2 unspecified atom stereocenters. The van der Waals surface area contributed by atoms with Gasteiger partial charge in [0.1, 0.15) is 0 Å². The molecule has 4 nitrogen and oxygen atoms in total. The van der Waals surface area contributed by atoms with Crippen LogP contribution in [0.1, 0.15) is 25.7 Å². The van der Waals surface area contributed by atoms with E-state index in [2.05, 4.69) is 4.90 Å². The maximum atomic E-state index is 10.5. The number of piperidine rings is 1. The van der Waals surface area contributed by atoms with Crippen LogP contribution in [0.15, 0.2) is 0 Å². The zero-order valence-electron chi connectivity index (χ0n) is 8.07. The van der Waals surface area contributed by atoms with Crippen molar-refractivity contribution in [3.63, 3.8) is 0 Å². The number of hydrogen-bond acceptors (Lipinski definition) is 3. The second-order valence-electron chi connectivity index (χ2n) is 3.81. The minimum atomic E-state index is -0.800. The van der Waals surface area contributed by atoms with Gasteiger partial charge in [-0.3, -0.25) is 4.79 Å².